The summed E-state index contributed by atoms with van der Waals surface area (Å²) < 4.78 is 39.2. The van der Waals surface area contributed by atoms with Crippen LogP contribution in [-0.2, 0) is 15.8 Å². The van der Waals surface area contributed by atoms with E-state index in [0.29, 0.717) is 18.2 Å². The molecule has 0 aliphatic rings. The van der Waals surface area contributed by atoms with Crippen molar-refractivity contribution in [2.24, 2.45) is 0 Å². The maximum absolute atomic E-state index is 13.1. The fraction of sp³-hybridized carbons (Fsp3) is 0.364. The Kier molecular flexibility index (Phi) is 8.00. The summed E-state index contributed by atoms with van der Waals surface area (Å²) in [5.41, 5.74) is 0.577. The van der Waals surface area contributed by atoms with Gasteiger partial charge in [0, 0.05) is 5.69 Å². The SMILES string of the molecule is CCN(CC(=O)Nc1ccc(C(C)C)cc1)CC(=O)Nc1ccccc1C(F)(F)F. The standard InChI is InChI=1S/C22H26F3N3O2/c1-4-28(13-20(29)26-17-11-9-16(10-12-17)15(2)3)14-21(30)27-19-8-6-5-7-18(19)22(23,24)25/h5-12,15H,4,13-14H2,1-3H3,(H,26,29)(H,27,30). The smallest absolute Gasteiger partial charge is 0.325 e. The number of likely N-dealkylation sites (N-methyl/N-ethyl adjacent to an activating group) is 1. The molecule has 0 heterocycles. The van der Waals surface area contributed by atoms with Crippen molar-refractivity contribution in [2.75, 3.05) is 30.3 Å². The van der Waals surface area contributed by atoms with Crippen molar-refractivity contribution in [1.29, 1.82) is 0 Å². The highest BCUT2D eigenvalue weighted by Gasteiger charge is 2.33. The van der Waals surface area contributed by atoms with Gasteiger partial charge < -0.3 is 10.6 Å². The van der Waals surface area contributed by atoms with Gasteiger partial charge in [0.25, 0.3) is 0 Å². The van der Waals surface area contributed by atoms with Gasteiger partial charge in [-0.25, -0.2) is 0 Å². The van der Waals surface area contributed by atoms with Gasteiger partial charge in [0.05, 0.1) is 24.3 Å². The topological polar surface area (TPSA) is 61.4 Å². The molecular formula is C22H26F3N3O2. The van der Waals surface area contributed by atoms with Crippen LogP contribution in [0.2, 0.25) is 0 Å². The molecule has 2 amide bonds. The molecule has 2 aromatic rings. The predicted molar refractivity (Wildman–Crippen MR) is 111 cm³/mol. The maximum atomic E-state index is 13.1. The molecule has 0 saturated heterocycles. The van der Waals surface area contributed by atoms with Crippen LogP contribution in [0.3, 0.4) is 0 Å². The van der Waals surface area contributed by atoms with Crippen LogP contribution in [0.25, 0.3) is 0 Å². The van der Waals surface area contributed by atoms with Gasteiger partial charge in [-0.15, -0.1) is 0 Å². The van der Waals surface area contributed by atoms with E-state index >= 15 is 0 Å². The predicted octanol–water partition coefficient (Wildman–Crippen LogP) is 4.73. The van der Waals surface area contributed by atoms with Crippen LogP contribution < -0.4 is 10.6 Å². The van der Waals surface area contributed by atoms with Crippen LogP contribution >= 0.6 is 0 Å². The highest BCUT2D eigenvalue weighted by molar-refractivity contribution is 5.95. The van der Waals surface area contributed by atoms with Crippen molar-refractivity contribution >= 4 is 23.2 Å². The van der Waals surface area contributed by atoms with Gasteiger partial charge in [-0.2, -0.15) is 13.2 Å². The number of hydrogen-bond donors (Lipinski definition) is 2. The molecule has 0 aliphatic carbocycles. The van der Waals surface area contributed by atoms with E-state index in [4.69, 9.17) is 0 Å². The van der Waals surface area contributed by atoms with E-state index in [1.54, 1.807) is 11.8 Å². The highest BCUT2D eigenvalue weighted by Crippen LogP contribution is 2.34. The summed E-state index contributed by atoms with van der Waals surface area (Å²) in [4.78, 5) is 26.1. The molecule has 8 heteroatoms. The number of para-hydroxylation sites is 1. The van der Waals surface area contributed by atoms with Crippen LogP contribution in [0, 0.1) is 0 Å². The van der Waals surface area contributed by atoms with E-state index in [0.717, 1.165) is 11.6 Å². The van der Waals surface area contributed by atoms with E-state index in [2.05, 4.69) is 24.5 Å². The molecule has 2 N–H and O–H groups in total. The first kappa shape index (κ1) is 23.4. The average Bonchev–Trinajstić information content (AvgIpc) is 2.67. The molecule has 5 nitrogen and oxygen atoms in total. The molecule has 0 spiro atoms. The number of rotatable bonds is 8. The summed E-state index contributed by atoms with van der Waals surface area (Å²) in [5, 5.41) is 5.05. The zero-order valence-electron chi connectivity index (χ0n) is 17.2. The van der Waals surface area contributed by atoms with Crippen molar-refractivity contribution in [3.8, 4) is 0 Å². The summed E-state index contributed by atoms with van der Waals surface area (Å²) in [6.07, 6.45) is -4.57. The summed E-state index contributed by atoms with van der Waals surface area (Å²) in [6, 6.07) is 12.3. The van der Waals surface area contributed by atoms with E-state index in [1.165, 1.54) is 18.2 Å². The molecule has 0 saturated carbocycles. The van der Waals surface area contributed by atoms with Crippen molar-refractivity contribution in [3.05, 3.63) is 59.7 Å². The number of carbonyl (C=O) groups excluding carboxylic acids is 2. The Morgan fingerprint density at radius 1 is 0.933 bits per heavy atom. The molecule has 0 aromatic heterocycles. The van der Waals surface area contributed by atoms with Gasteiger partial charge in [0.15, 0.2) is 0 Å². The molecule has 30 heavy (non-hydrogen) atoms. The second kappa shape index (κ2) is 10.2. The van der Waals surface area contributed by atoms with Crippen molar-refractivity contribution in [1.82, 2.24) is 4.90 Å². The van der Waals surface area contributed by atoms with Crippen LogP contribution in [0.15, 0.2) is 48.5 Å². The highest BCUT2D eigenvalue weighted by atomic mass is 19.4. The first-order valence-electron chi connectivity index (χ1n) is 9.68. The van der Waals surface area contributed by atoms with Gasteiger partial charge in [-0.3, -0.25) is 14.5 Å². The molecular weight excluding hydrogens is 395 g/mol. The molecule has 0 atom stereocenters. The lowest BCUT2D eigenvalue weighted by molar-refractivity contribution is -0.137. The van der Waals surface area contributed by atoms with Crippen LogP contribution in [-0.4, -0.2) is 36.3 Å². The molecule has 2 rings (SSSR count). The number of alkyl halides is 3. The summed E-state index contributed by atoms with van der Waals surface area (Å²) >= 11 is 0. The number of nitrogens with one attached hydrogen (secondary N) is 2. The molecule has 0 unspecified atom stereocenters. The second-order valence-corrected chi connectivity index (χ2v) is 7.22. The van der Waals surface area contributed by atoms with Crippen LogP contribution in [0.4, 0.5) is 24.5 Å². The minimum Gasteiger partial charge on any atom is -0.325 e. The van der Waals surface area contributed by atoms with Gasteiger partial charge in [-0.05, 0) is 42.3 Å². The lowest BCUT2D eigenvalue weighted by Crippen LogP contribution is -2.38. The Balaban J connectivity index is 1.93. The van der Waals surface area contributed by atoms with Crippen molar-refractivity contribution in [3.63, 3.8) is 0 Å². The third kappa shape index (κ3) is 6.88. The Bertz CT molecular complexity index is 865. The van der Waals surface area contributed by atoms with Crippen molar-refractivity contribution in [2.45, 2.75) is 32.9 Å². The summed E-state index contributed by atoms with van der Waals surface area (Å²) in [7, 11) is 0. The molecule has 162 valence electrons. The van der Waals surface area contributed by atoms with E-state index in [1.807, 2.05) is 24.3 Å². The third-order valence-corrected chi connectivity index (χ3v) is 4.55. The molecule has 0 bridgehead atoms. The second-order valence-electron chi connectivity index (χ2n) is 7.22. The third-order valence-electron chi connectivity index (χ3n) is 4.55. The van der Waals surface area contributed by atoms with E-state index < -0.39 is 17.6 Å². The Morgan fingerprint density at radius 2 is 1.50 bits per heavy atom. The number of benzene rings is 2. The van der Waals surface area contributed by atoms with Gasteiger partial charge >= 0.3 is 6.18 Å². The molecule has 0 aliphatic heterocycles. The number of halogens is 3. The monoisotopic (exact) mass is 421 g/mol. The molecule has 0 radical (unpaired) electrons. The van der Waals surface area contributed by atoms with Crippen molar-refractivity contribution < 1.29 is 22.8 Å². The van der Waals surface area contributed by atoms with E-state index in [9.17, 15) is 22.8 Å². The lowest BCUT2D eigenvalue weighted by atomic mass is 10.0. The maximum Gasteiger partial charge on any atom is 0.418 e. The molecule has 0 fully saturated rings. The first-order valence-corrected chi connectivity index (χ1v) is 9.68. The Morgan fingerprint density at radius 3 is 2.03 bits per heavy atom. The zero-order valence-corrected chi connectivity index (χ0v) is 17.2. The normalized spacial score (nSPS) is 11.6. The number of anilines is 2. The molecule has 2 aromatic carbocycles. The number of amides is 2. The Hall–Kier alpha value is -2.87. The minimum absolute atomic E-state index is 0.0588. The number of hydrogen-bond acceptors (Lipinski definition) is 3. The largest absolute Gasteiger partial charge is 0.418 e. The minimum atomic E-state index is -4.57. The number of nitrogens with zero attached hydrogens (tertiary/aromatic N) is 1. The summed E-state index contributed by atoms with van der Waals surface area (Å²) in [6.45, 7) is 6.03. The van der Waals surface area contributed by atoms with E-state index in [-0.39, 0.29) is 24.7 Å². The number of carbonyl (C=O) groups is 2. The quantitative estimate of drug-likeness (QED) is 0.648. The Labute approximate surface area is 174 Å². The van der Waals surface area contributed by atoms with Gasteiger partial charge in [0.1, 0.15) is 0 Å². The fourth-order valence-electron chi connectivity index (χ4n) is 2.87. The van der Waals surface area contributed by atoms with Gasteiger partial charge in [-0.1, -0.05) is 45.0 Å². The van der Waals surface area contributed by atoms with Crippen LogP contribution in [0.5, 0.6) is 0 Å². The zero-order chi connectivity index (χ0) is 22.3. The summed E-state index contributed by atoms with van der Waals surface area (Å²) in [5.74, 6) is -0.549. The first-order chi connectivity index (χ1) is 14.1. The average molecular weight is 421 g/mol. The lowest BCUT2D eigenvalue weighted by Gasteiger charge is -2.20. The van der Waals surface area contributed by atoms with Gasteiger partial charge in [0.2, 0.25) is 11.8 Å². The fourth-order valence-corrected chi connectivity index (χ4v) is 2.87. The van der Waals surface area contributed by atoms with Crippen LogP contribution in [0.1, 0.15) is 37.8 Å².